The molecule has 1 fully saturated rings. The zero-order valence-electron chi connectivity index (χ0n) is 15.4. The van der Waals surface area contributed by atoms with Crippen LogP contribution in [0.3, 0.4) is 0 Å². The van der Waals surface area contributed by atoms with Crippen LogP contribution in [0.1, 0.15) is 43.4 Å². The number of ether oxygens (including phenoxy) is 1. The lowest BCUT2D eigenvalue weighted by molar-refractivity contribution is -0.535. The van der Waals surface area contributed by atoms with Gasteiger partial charge in [-0.1, -0.05) is 67.6 Å². The molecular formula is C21H24N2O4. The van der Waals surface area contributed by atoms with Gasteiger partial charge in [0.25, 0.3) is 0 Å². The summed E-state index contributed by atoms with van der Waals surface area (Å²) < 4.78 is 5.54. The molecule has 6 nitrogen and oxygen atoms in total. The number of likely N-dealkylation sites (tertiary alicyclic amines) is 1. The fourth-order valence-corrected chi connectivity index (χ4v) is 3.78. The normalized spacial score (nSPS) is 22.3. The molecule has 0 radical (unpaired) electrons. The van der Waals surface area contributed by atoms with Crippen LogP contribution in [0.25, 0.3) is 0 Å². The predicted molar refractivity (Wildman–Crippen MR) is 102 cm³/mol. The number of benzene rings is 2. The van der Waals surface area contributed by atoms with Crippen molar-refractivity contribution in [1.29, 1.82) is 0 Å². The van der Waals surface area contributed by atoms with Crippen LogP contribution in [0.5, 0.6) is 0 Å². The quantitative estimate of drug-likeness (QED) is 0.572. The van der Waals surface area contributed by atoms with Crippen molar-refractivity contribution >= 4 is 6.09 Å². The average Bonchev–Trinajstić information content (AvgIpc) is 2.72. The molecule has 2 aromatic carbocycles. The van der Waals surface area contributed by atoms with Crippen LogP contribution in [0, 0.1) is 10.1 Å². The largest absolute Gasteiger partial charge is 0.445 e. The summed E-state index contributed by atoms with van der Waals surface area (Å²) in [6.07, 6.45) is 1.29. The van der Waals surface area contributed by atoms with Crippen molar-refractivity contribution in [2.24, 2.45) is 0 Å². The minimum atomic E-state index is -0.834. The van der Waals surface area contributed by atoms with Gasteiger partial charge in [-0.25, -0.2) is 4.79 Å². The van der Waals surface area contributed by atoms with E-state index >= 15 is 0 Å². The first-order valence-corrected chi connectivity index (χ1v) is 9.29. The van der Waals surface area contributed by atoms with Crippen LogP contribution in [0.4, 0.5) is 4.79 Å². The highest BCUT2D eigenvalue weighted by Crippen LogP contribution is 2.37. The third-order valence-corrected chi connectivity index (χ3v) is 5.15. The van der Waals surface area contributed by atoms with Gasteiger partial charge in [-0.15, -0.1) is 0 Å². The van der Waals surface area contributed by atoms with E-state index in [2.05, 4.69) is 0 Å². The van der Waals surface area contributed by atoms with Crippen LogP contribution in [0.15, 0.2) is 60.7 Å². The molecule has 6 heteroatoms. The van der Waals surface area contributed by atoms with Crippen LogP contribution in [-0.2, 0) is 11.3 Å². The smallest absolute Gasteiger partial charge is 0.411 e. The molecule has 1 aliphatic rings. The highest BCUT2D eigenvalue weighted by atomic mass is 16.6. The molecule has 1 amide bonds. The Labute approximate surface area is 158 Å². The molecule has 2 aromatic rings. The van der Waals surface area contributed by atoms with Crippen molar-refractivity contribution in [3.63, 3.8) is 0 Å². The Bertz CT molecular complexity index is 766. The van der Waals surface area contributed by atoms with Crippen LogP contribution in [0.2, 0.25) is 0 Å². The second-order valence-electron chi connectivity index (χ2n) is 6.80. The first-order valence-electron chi connectivity index (χ1n) is 9.29. The molecule has 0 N–H and O–H groups in total. The Morgan fingerprint density at radius 3 is 2.33 bits per heavy atom. The molecule has 3 atom stereocenters. The zero-order chi connectivity index (χ0) is 19.2. The number of amides is 1. The number of hydrogen-bond acceptors (Lipinski definition) is 4. The van der Waals surface area contributed by atoms with Gasteiger partial charge in [-0.3, -0.25) is 15.0 Å². The molecule has 0 saturated carbocycles. The van der Waals surface area contributed by atoms with Gasteiger partial charge in [-0.05, 0) is 24.0 Å². The number of nitro groups is 1. The lowest BCUT2D eigenvalue weighted by Gasteiger charge is -2.42. The number of nitrogens with zero attached hydrogens (tertiary/aromatic N) is 2. The summed E-state index contributed by atoms with van der Waals surface area (Å²) in [6.45, 7) is 2.15. The first kappa shape index (κ1) is 18.9. The maximum Gasteiger partial charge on any atom is 0.411 e. The standard InChI is InChI=1S/C21H24N2O4/c1-2-18-13-14-19(23(25)26)20(17-11-7-4-8-12-17)22(18)21(24)27-15-16-9-5-3-6-10-16/h3-12,18-20H,2,13-15H2,1H3/t18-,19+,20+/m1/s1. The van der Waals surface area contributed by atoms with Crippen molar-refractivity contribution in [3.8, 4) is 0 Å². The van der Waals surface area contributed by atoms with E-state index in [1.54, 1.807) is 4.90 Å². The van der Waals surface area contributed by atoms with E-state index in [-0.39, 0.29) is 17.6 Å². The van der Waals surface area contributed by atoms with Gasteiger partial charge in [0.15, 0.2) is 0 Å². The van der Waals surface area contributed by atoms with Crippen LogP contribution in [-0.4, -0.2) is 28.0 Å². The highest BCUT2D eigenvalue weighted by Gasteiger charge is 2.46. The Hall–Kier alpha value is -2.89. The second-order valence-corrected chi connectivity index (χ2v) is 6.80. The van der Waals surface area contributed by atoms with Crippen molar-refractivity contribution in [2.45, 2.75) is 50.9 Å². The molecule has 0 unspecified atom stereocenters. The molecular weight excluding hydrogens is 344 g/mol. The number of rotatable bonds is 5. The lowest BCUT2D eigenvalue weighted by Crippen LogP contribution is -2.52. The topological polar surface area (TPSA) is 72.7 Å². The summed E-state index contributed by atoms with van der Waals surface area (Å²) in [7, 11) is 0. The Balaban J connectivity index is 1.88. The van der Waals surface area contributed by atoms with E-state index in [0.717, 1.165) is 17.5 Å². The van der Waals surface area contributed by atoms with Crippen LogP contribution >= 0.6 is 0 Å². The third-order valence-electron chi connectivity index (χ3n) is 5.15. The second kappa shape index (κ2) is 8.66. The van der Waals surface area contributed by atoms with Crippen molar-refractivity contribution in [3.05, 3.63) is 81.9 Å². The fraction of sp³-hybridized carbons (Fsp3) is 0.381. The minimum Gasteiger partial charge on any atom is -0.445 e. The van der Waals surface area contributed by atoms with Crippen molar-refractivity contribution in [2.75, 3.05) is 0 Å². The zero-order valence-corrected chi connectivity index (χ0v) is 15.4. The maximum absolute atomic E-state index is 13.0. The number of hydrogen-bond donors (Lipinski definition) is 0. The van der Waals surface area contributed by atoms with E-state index in [1.165, 1.54) is 0 Å². The fourth-order valence-electron chi connectivity index (χ4n) is 3.78. The SMILES string of the molecule is CC[C@@H]1CC[C@H]([N+](=O)[O-])[C@H](c2ccccc2)N1C(=O)OCc1ccccc1. The summed E-state index contributed by atoms with van der Waals surface area (Å²) in [5.74, 6) is 0. The Morgan fingerprint density at radius 1 is 1.11 bits per heavy atom. The molecule has 0 bridgehead atoms. The summed E-state index contributed by atoms with van der Waals surface area (Å²) in [5, 5.41) is 11.7. The molecule has 3 rings (SSSR count). The summed E-state index contributed by atoms with van der Waals surface area (Å²) in [5.41, 5.74) is 1.66. The van der Waals surface area contributed by atoms with Gasteiger partial charge in [0.1, 0.15) is 12.6 Å². The third kappa shape index (κ3) is 4.27. The van der Waals surface area contributed by atoms with Crippen LogP contribution < -0.4 is 0 Å². The number of carbonyl (C=O) groups is 1. The van der Waals surface area contributed by atoms with Crippen molar-refractivity contribution < 1.29 is 14.5 Å². The number of piperidine rings is 1. The first-order chi connectivity index (χ1) is 13.1. The van der Waals surface area contributed by atoms with Gasteiger partial charge in [0, 0.05) is 17.4 Å². The van der Waals surface area contributed by atoms with Gasteiger partial charge >= 0.3 is 6.09 Å². The van der Waals surface area contributed by atoms with Gasteiger partial charge in [0.05, 0.1) is 0 Å². The molecule has 1 saturated heterocycles. The van der Waals surface area contributed by atoms with Gasteiger partial charge in [0.2, 0.25) is 6.04 Å². The monoisotopic (exact) mass is 368 g/mol. The van der Waals surface area contributed by atoms with Gasteiger partial charge < -0.3 is 4.74 Å². The summed E-state index contributed by atoms with van der Waals surface area (Å²) >= 11 is 0. The predicted octanol–water partition coefficient (Wildman–Crippen LogP) is 4.58. The molecule has 1 heterocycles. The summed E-state index contributed by atoms with van der Waals surface area (Å²) in [4.78, 5) is 26.0. The van der Waals surface area contributed by atoms with E-state index in [0.29, 0.717) is 12.8 Å². The van der Waals surface area contributed by atoms with E-state index in [4.69, 9.17) is 4.74 Å². The Kier molecular flexibility index (Phi) is 6.06. The van der Waals surface area contributed by atoms with Crippen molar-refractivity contribution in [1.82, 2.24) is 4.90 Å². The lowest BCUT2D eigenvalue weighted by atomic mass is 9.86. The highest BCUT2D eigenvalue weighted by molar-refractivity contribution is 5.69. The molecule has 1 aliphatic heterocycles. The van der Waals surface area contributed by atoms with Gasteiger partial charge in [-0.2, -0.15) is 0 Å². The molecule has 0 aliphatic carbocycles. The average molecular weight is 368 g/mol. The minimum absolute atomic E-state index is 0.0744. The van der Waals surface area contributed by atoms with E-state index < -0.39 is 18.2 Å². The van der Waals surface area contributed by atoms with E-state index in [1.807, 2.05) is 67.6 Å². The summed E-state index contributed by atoms with van der Waals surface area (Å²) in [6, 6.07) is 17.1. The van der Waals surface area contributed by atoms with E-state index in [9.17, 15) is 14.9 Å². The Morgan fingerprint density at radius 2 is 1.74 bits per heavy atom. The number of carbonyl (C=O) groups excluding carboxylic acids is 1. The molecule has 0 spiro atoms. The molecule has 142 valence electrons. The molecule has 27 heavy (non-hydrogen) atoms. The maximum atomic E-state index is 13.0. The molecule has 0 aromatic heterocycles.